The number of carbonyl (C=O) groups excluding carboxylic acids is 2. The molecule has 2 aromatic carbocycles. The molecule has 0 saturated carbocycles. The number of anilines is 2. The first-order chi connectivity index (χ1) is 18.7. The number of benzene rings is 2. The highest BCUT2D eigenvalue weighted by atomic mass is 16.2. The molecule has 0 spiro atoms. The van der Waals surface area contributed by atoms with Crippen LogP contribution in [-0.2, 0) is 11.8 Å². The van der Waals surface area contributed by atoms with Crippen molar-refractivity contribution in [2.45, 2.75) is 32.7 Å². The standard InChI is InChI=1S/C30H31N7O2/c1-17(2)29(38)35-22-13-11-20(12-14-22)26-24(25-27(32)33-16-34-28(25)36(26)4)19-7-9-21(10-8-19)30(39)37-15-5-6-23(37)18(3)31/h7-14,16,23,31H,1,5-6,15H2,2-4H3,(H,35,38)(H2,32,33,34)/t23-/m0/s1. The first kappa shape index (κ1) is 25.8. The Hall–Kier alpha value is -4.79. The SMILES string of the molecule is C=C(C)C(=O)Nc1ccc(-c2c(-c3ccc(C(=O)N4CCC[C@H]4C(C)=N)cc3)c3c(N)ncnc3n2C)cc1. The van der Waals surface area contributed by atoms with Crippen LogP contribution in [0.25, 0.3) is 33.4 Å². The number of nitrogens with one attached hydrogen (secondary N) is 2. The van der Waals surface area contributed by atoms with Crippen molar-refractivity contribution in [2.24, 2.45) is 7.05 Å². The zero-order valence-electron chi connectivity index (χ0n) is 22.3. The maximum Gasteiger partial charge on any atom is 0.254 e. The third-order valence-electron chi connectivity index (χ3n) is 7.23. The molecule has 0 aliphatic carbocycles. The lowest BCUT2D eigenvalue weighted by molar-refractivity contribution is -0.112. The number of fused-ring (bicyclic) bond motifs is 1. The number of nitrogen functional groups attached to an aromatic ring is 1. The van der Waals surface area contributed by atoms with Gasteiger partial charge in [0.1, 0.15) is 17.8 Å². The van der Waals surface area contributed by atoms with Gasteiger partial charge in [0.25, 0.3) is 11.8 Å². The van der Waals surface area contributed by atoms with E-state index in [4.69, 9.17) is 11.1 Å². The van der Waals surface area contributed by atoms with Crippen molar-refractivity contribution in [2.75, 3.05) is 17.6 Å². The van der Waals surface area contributed by atoms with Crippen LogP contribution in [0.1, 0.15) is 37.0 Å². The lowest BCUT2D eigenvalue weighted by atomic mass is 9.97. The lowest BCUT2D eigenvalue weighted by Gasteiger charge is -2.24. The van der Waals surface area contributed by atoms with Crippen LogP contribution in [0.3, 0.4) is 0 Å². The summed E-state index contributed by atoms with van der Waals surface area (Å²) < 4.78 is 1.98. The predicted molar refractivity (Wildman–Crippen MR) is 155 cm³/mol. The zero-order chi connectivity index (χ0) is 27.8. The number of nitrogens with zero attached hydrogens (tertiary/aromatic N) is 4. The van der Waals surface area contributed by atoms with Gasteiger partial charge in [0.15, 0.2) is 0 Å². The molecule has 2 amide bonds. The Morgan fingerprint density at radius 3 is 2.36 bits per heavy atom. The highest BCUT2D eigenvalue weighted by Crippen LogP contribution is 2.41. The Balaban J connectivity index is 1.57. The lowest BCUT2D eigenvalue weighted by Crippen LogP contribution is -2.39. The van der Waals surface area contributed by atoms with E-state index in [1.54, 1.807) is 18.7 Å². The van der Waals surface area contributed by atoms with Gasteiger partial charge in [0.2, 0.25) is 0 Å². The van der Waals surface area contributed by atoms with E-state index in [1.165, 1.54) is 6.33 Å². The van der Waals surface area contributed by atoms with Gasteiger partial charge in [0, 0.05) is 41.7 Å². The van der Waals surface area contributed by atoms with Gasteiger partial charge in [-0.2, -0.15) is 0 Å². The van der Waals surface area contributed by atoms with Crippen LogP contribution >= 0.6 is 0 Å². The molecule has 4 N–H and O–H groups in total. The van der Waals surface area contributed by atoms with E-state index >= 15 is 0 Å². The summed E-state index contributed by atoms with van der Waals surface area (Å²) in [6, 6.07) is 14.9. The minimum absolute atomic E-state index is 0.0657. The number of hydrogen-bond acceptors (Lipinski definition) is 6. The molecule has 1 fully saturated rings. The van der Waals surface area contributed by atoms with E-state index in [2.05, 4.69) is 21.9 Å². The zero-order valence-corrected chi connectivity index (χ0v) is 22.3. The molecule has 3 heterocycles. The van der Waals surface area contributed by atoms with Gasteiger partial charge in [-0.05, 0) is 62.1 Å². The highest BCUT2D eigenvalue weighted by molar-refractivity contribution is 6.08. The van der Waals surface area contributed by atoms with Gasteiger partial charge in [-0.25, -0.2) is 9.97 Å². The number of rotatable bonds is 6. The van der Waals surface area contributed by atoms with Crippen molar-refractivity contribution in [3.05, 3.63) is 72.6 Å². The number of aryl methyl sites for hydroxylation is 1. The number of likely N-dealkylation sites (tertiary alicyclic amines) is 1. The van der Waals surface area contributed by atoms with Crippen molar-refractivity contribution in [1.29, 1.82) is 5.41 Å². The Kier molecular flexibility index (Phi) is 6.74. The molecule has 198 valence electrons. The first-order valence-electron chi connectivity index (χ1n) is 12.8. The highest BCUT2D eigenvalue weighted by Gasteiger charge is 2.31. The van der Waals surface area contributed by atoms with E-state index < -0.39 is 0 Å². The maximum absolute atomic E-state index is 13.3. The van der Waals surface area contributed by atoms with Crippen LogP contribution in [-0.4, -0.2) is 49.5 Å². The first-order valence-corrected chi connectivity index (χ1v) is 12.8. The van der Waals surface area contributed by atoms with Crippen LogP contribution in [0.4, 0.5) is 11.5 Å². The average molecular weight is 522 g/mol. The average Bonchev–Trinajstić information content (AvgIpc) is 3.53. The summed E-state index contributed by atoms with van der Waals surface area (Å²) in [7, 11) is 1.93. The Morgan fingerprint density at radius 2 is 1.72 bits per heavy atom. The van der Waals surface area contributed by atoms with Gasteiger partial charge in [-0.3, -0.25) is 9.59 Å². The molecule has 5 rings (SSSR count). The Morgan fingerprint density at radius 1 is 1.05 bits per heavy atom. The number of aromatic nitrogens is 3. The Labute approximate surface area is 226 Å². The molecule has 39 heavy (non-hydrogen) atoms. The fourth-order valence-corrected chi connectivity index (χ4v) is 5.25. The van der Waals surface area contributed by atoms with Crippen molar-refractivity contribution in [3.8, 4) is 22.4 Å². The molecule has 9 nitrogen and oxygen atoms in total. The summed E-state index contributed by atoms with van der Waals surface area (Å²) >= 11 is 0. The molecule has 1 atom stereocenters. The van der Waals surface area contributed by atoms with Crippen LogP contribution < -0.4 is 11.1 Å². The van der Waals surface area contributed by atoms with Gasteiger partial charge in [-0.1, -0.05) is 30.8 Å². The number of nitrogens with two attached hydrogens (primary N) is 1. The fourth-order valence-electron chi connectivity index (χ4n) is 5.25. The molecule has 1 aliphatic rings. The third kappa shape index (κ3) is 4.67. The second-order valence-corrected chi connectivity index (χ2v) is 9.97. The van der Waals surface area contributed by atoms with Crippen LogP contribution in [0.2, 0.25) is 0 Å². The maximum atomic E-state index is 13.3. The molecule has 0 bridgehead atoms. The third-order valence-corrected chi connectivity index (χ3v) is 7.23. The van der Waals surface area contributed by atoms with Crippen LogP contribution in [0, 0.1) is 5.41 Å². The van der Waals surface area contributed by atoms with Crippen molar-refractivity contribution >= 4 is 40.1 Å². The van der Waals surface area contributed by atoms with E-state index in [1.807, 2.05) is 60.1 Å². The smallest absolute Gasteiger partial charge is 0.254 e. The fraction of sp³-hybridized carbons (Fsp3) is 0.233. The number of amides is 2. The minimum atomic E-state index is -0.234. The van der Waals surface area contributed by atoms with Crippen LogP contribution in [0.5, 0.6) is 0 Å². The number of hydrogen-bond donors (Lipinski definition) is 3. The summed E-state index contributed by atoms with van der Waals surface area (Å²) in [5.74, 6) is 0.0644. The van der Waals surface area contributed by atoms with Crippen molar-refractivity contribution in [1.82, 2.24) is 19.4 Å². The molecule has 4 aromatic rings. The largest absolute Gasteiger partial charge is 0.383 e. The normalized spacial score (nSPS) is 14.9. The van der Waals surface area contributed by atoms with E-state index in [0.29, 0.717) is 40.5 Å². The molecule has 1 saturated heterocycles. The van der Waals surface area contributed by atoms with Gasteiger partial charge < -0.3 is 25.9 Å². The van der Waals surface area contributed by atoms with E-state index in [9.17, 15) is 9.59 Å². The second kappa shape index (κ2) is 10.2. The van der Waals surface area contributed by atoms with Crippen LogP contribution in [0.15, 0.2) is 67.0 Å². The second-order valence-electron chi connectivity index (χ2n) is 9.97. The molecular formula is C30H31N7O2. The van der Waals surface area contributed by atoms with Gasteiger partial charge in [0.05, 0.1) is 17.1 Å². The van der Waals surface area contributed by atoms with E-state index in [-0.39, 0.29) is 17.9 Å². The summed E-state index contributed by atoms with van der Waals surface area (Å²) in [5, 5.41) is 11.6. The predicted octanol–water partition coefficient (Wildman–Crippen LogP) is 5.04. The summed E-state index contributed by atoms with van der Waals surface area (Å²) in [6.07, 6.45) is 3.17. The van der Waals surface area contributed by atoms with Crippen molar-refractivity contribution in [3.63, 3.8) is 0 Å². The molecule has 1 aliphatic heterocycles. The summed E-state index contributed by atoms with van der Waals surface area (Å²) in [4.78, 5) is 35.8. The Bertz CT molecular complexity index is 1620. The number of carbonyl (C=O) groups is 2. The minimum Gasteiger partial charge on any atom is -0.383 e. The van der Waals surface area contributed by atoms with Crippen molar-refractivity contribution < 1.29 is 9.59 Å². The quantitative estimate of drug-likeness (QED) is 0.242. The molecular weight excluding hydrogens is 490 g/mol. The summed E-state index contributed by atoms with van der Waals surface area (Å²) in [5.41, 5.74) is 12.8. The molecule has 2 aromatic heterocycles. The molecule has 9 heteroatoms. The topological polar surface area (TPSA) is 130 Å². The molecule has 0 unspecified atom stereocenters. The monoisotopic (exact) mass is 521 g/mol. The van der Waals surface area contributed by atoms with Gasteiger partial charge >= 0.3 is 0 Å². The van der Waals surface area contributed by atoms with Gasteiger partial charge in [-0.15, -0.1) is 0 Å². The summed E-state index contributed by atoms with van der Waals surface area (Å²) in [6.45, 7) is 7.76. The van der Waals surface area contributed by atoms with E-state index in [0.717, 1.165) is 40.6 Å². The molecule has 0 radical (unpaired) electrons.